The minimum atomic E-state index is -1.50. The number of allylic oxidation sites excluding steroid dienone is 1. The van der Waals surface area contributed by atoms with Crippen LogP contribution in [0.25, 0.3) is 6.08 Å². The molecule has 289 valence electrons. The zero-order chi connectivity index (χ0) is 37.3. The van der Waals surface area contributed by atoms with Gasteiger partial charge in [0.1, 0.15) is 37.9 Å². The normalized spacial score (nSPS) is 10.1. The molecule has 9 nitrogen and oxygen atoms in total. The molecule has 0 bridgehead atoms. The van der Waals surface area contributed by atoms with Gasteiger partial charge < -0.3 is 36.8 Å². The predicted molar refractivity (Wildman–Crippen MR) is 204 cm³/mol. The van der Waals surface area contributed by atoms with Gasteiger partial charge in [-0.25, -0.2) is 0 Å². The van der Waals surface area contributed by atoms with E-state index in [9.17, 15) is 4.79 Å². The molecular formula is C43H36Ag2NO8S. The summed E-state index contributed by atoms with van der Waals surface area (Å²) in [6, 6.07) is 48.6. The molecule has 0 amide bonds. The Kier molecular flexibility index (Phi) is 19.0. The first-order chi connectivity index (χ1) is 25.9. The van der Waals surface area contributed by atoms with E-state index < -0.39 is 5.09 Å². The standard InChI is InChI=1S/C43H36O5S.2Ag.HNO3/c44-37(41-38(45-28-32-14-5-1-6-15-32)26-27-40(43(41)49)47-30-34-18-9-3-10-19-34)25-24-36-22-13-23-39(46-29-33-16-7-2-8-17-33)42(36)48-31-35-20-11-4-12-21-35;;;2-1(3)4/h1-27,49H,28-31H2;;;(H,2,3,4)/q;;+1;/p-1/b25-24+;;;. The average molecular weight is 943 g/mol. The van der Waals surface area contributed by atoms with Crippen LogP contribution in [0, 0.1) is 10.1 Å². The number of carbonyl (C=O) groups excluding carboxylic acids is 1. The molecule has 6 aromatic carbocycles. The SMILES string of the molecule is O=C(/C=C/c1cccc(OCc2ccccc2)c1OCc1ccccc1)c1c(OCc2ccccc2)ccc(OCc2ccccc2)c1[S-].O=[N+]([O-])O.[Ag+].[Ag]. The number of para-hydroxylation sites is 1. The summed E-state index contributed by atoms with van der Waals surface area (Å²) in [5, 5.41) is 13.6. The van der Waals surface area contributed by atoms with Crippen LogP contribution in [-0.4, -0.2) is 16.1 Å². The van der Waals surface area contributed by atoms with Crippen molar-refractivity contribution in [2.24, 2.45) is 0 Å². The summed E-state index contributed by atoms with van der Waals surface area (Å²) in [7, 11) is 0. The maximum Gasteiger partial charge on any atom is 1.00 e. The summed E-state index contributed by atoms with van der Waals surface area (Å²) in [6.07, 6.45) is 3.22. The van der Waals surface area contributed by atoms with Crippen LogP contribution in [0.15, 0.2) is 163 Å². The molecule has 55 heavy (non-hydrogen) atoms. The van der Waals surface area contributed by atoms with Gasteiger partial charge in [0.25, 0.3) is 5.09 Å². The van der Waals surface area contributed by atoms with Gasteiger partial charge in [0.15, 0.2) is 17.3 Å². The van der Waals surface area contributed by atoms with Crippen molar-refractivity contribution in [2.75, 3.05) is 0 Å². The number of hydrogen-bond acceptors (Lipinski definition) is 8. The molecule has 0 saturated heterocycles. The topological polar surface area (TPSA) is 117 Å². The van der Waals surface area contributed by atoms with Gasteiger partial charge in [0, 0.05) is 33.5 Å². The van der Waals surface area contributed by atoms with E-state index in [1.54, 1.807) is 18.2 Å². The Morgan fingerprint density at radius 3 is 1.42 bits per heavy atom. The Morgan fingerprint density at radius 2 is 0.964 bits per heavy atom. The molecule has 0 heterocycles. The first-order valence-corrected chi connectivity index (χ1v) is 17.0. The number of carbonyl (C=O) groups is 1. The van der Waals surface area contributed by atoms with Gasteiger partial charge in [-0.2, -0.15) is 0 Å². The molecule has 0 saturated carbocycles. The van der Waals surface area contributed by atoms with E-state index in [1.807, 2.05) is 140 Å². The summed E-state index contributed by atoms with van der Waals surface area (Å²) < 4.78 is 24.9. The van der Waals surface area contributed by atoms with Gasteiger partial charge in [-0.15, -0.1) is 15.0 Å². The van der Waals surface area contributed by atoms with Crippen LogP contribution in [0.5, 0.6) is 23.0 Å². The van der Waals surface area contributed by atoms with E-state index >= 15 is 0 Å². The largest absolute Gasteiger partial charge is 1.00 e. The van der Waals surface area contributed by atoms with Crippen molar-refractivity contribution in [3.63, 3.8) is 0 Å². The van der Waals surface area contributed by atoms with Gasteiger partial charge in [-0.3, -0.25) is 4.79 Å². The van der Waals surface area contributed by atoms with Crippen LogP contribution in [0.2, 0.25) is 0 Å². The molecule has 6 aromatic rings. The first-order valence-electron chi connectivity index (χ1n) is 16.6. The Bertz CT molecular complexity index is 2100. The molecule has 0 aliphatic rings. The number of nitrogens with zero attached hydrogens (tertiary/aromatic N) is 1. The Balaban J connectivity index is 0.00000129. The Hall–Kier alpha value is -5.17. The molecule has 0 unspecified atom stereocenters. The fourth-order valence-corrected chi connectivity index (χ4v) is 5.46. The minimum absolute atomic E-state index is 0. The molecule has 0 spiro atoms. The zero-order valence-electron chi connectivity index (χ0n) is 29.2. The summed E-state index contributed by atoms with van der Waals surface area (Å²) >= 11 is 5.85. The summed E-state index contributed by atoms with van der Waals surface area (Å²) in [5.74, 6) is 1.61. The van der Waals surface area contributed by atoms with Crippen LogP contribution in [-0.2, 0) is 83.8 Å². The van der Waals surface area contributed by atoms with Gasteiger partial charge in [0.05, 0.1) is 0 Å². The molecule has 1 radical (unpaired) electrons. The molecule has 0 atom stereocenters. The number of ketones is 1. The second kappa shape index (κ2) is 23.6. The Morgan fingerprint density at radius 1 is 0.582 bits per heavy atom. The smallest absolute Gasteiger partial charge is 0.775 e. The Labute approximate surface area is 356 Å². The van der Waals surface area contributed by atoms with Gasteiger partial charge >= 0.3 is 22.4 Å². The minimum Gasteiger partial charge on any atom is -0.775 e. The predicted octanol–water partition coefficient (Wildman–Crippen LogP) is 9.45. The molecule has 0 aromatic heterocycles. The van der Waals surface area contributed by atoms with Crippen LogP contribution in [0.4, 0.5) is 0 Å². The van der Waals surface area contributed by atoms with E-state index in [1.165, 1.54) is 6.08 Å². The number of rotatable bonds is 15. The quantitative estimate of drug-likeness (QED) is 0.0269. The average Bonchev–Trinajstić information content (AvgIpc) is 3.18. The summed E-state index contributed by atoms with van der Waals surface area (Å²) in [6.45, 7) is 1.29. The van der Waals surface area contributed by atoms with E-state index in [0.29, 0.717) is 48.4 Å². The van der Waals surface area contributed by atoms with E-state index in [2.05, 4.69) is 0 Å². The van der Waals surface area contributed by atoms with Crippen molar-refractivity contribution in [3.05, 3.63) is 201 Å². The monoisotopic (exact) mass is 940 g/mol. The second-order valence-electron chi connectivity index (χ2n) is 11.5. The number of hydrogen-bond donors (Lipinski definition) is 1. The third-order valence-corrected chi connectivity index (χ3v) is 8.10. The molecule has 12 heteroatoms. The third-order valence-electron chi connectivity index (χ3n) is 7.69. The van der Waals surface area contributed by atoms with Crippen molar-refractivity contribution >= 4 is 24.5 Å². The first kappa shape index (κ1) is 44.2. The molecule has 6 rings (SSSR count). The van der Waals surface area contributed by atoms with Crippen LogP contribution < -0.4 is 18.9 Å². The summed E-state index contributed by atoms with van der Waals surface area (Å²) in [5.41, 5.74) is 4.95. The zero-order valence-corrected chi connectivity index (χ0v) is 33.0. The van der Waals surface area contributed by atoms with E-state index in [0.717, 1.165) is 22.3 Å². The maximum absolute atomic E-state index is 14.0. The van der Waals surface area contributed by atoms with Crippen molar-refractivity contribution in [1.29, 1.82) is 0 Å². The van der Waals surface area contributed by atoms with Crippen molar-refractivity contribution in [3.8, 4) is 23.0 Å². The second-order valence-corrected chi connectivity index (χ2v) is 11.9. The van der Waals surface area contributed by atoms with Gasteiger partial charge in [-0.05, 0) is 52.6 Å². The molecule has 0 aliphatic carbocycles. The maximum atomic E-state index is 14.0. The fourth-order valence-electron chi connectivity index (χ4n) is 5.13. The molecule has 1 N–H and O–H groups in total. The van der Waals surface area contributed by atoms with Gasteiger partial charge in [-0.1, -0.05) is 133 Å². The van der Waals surface area contributed by atoms with Crippen molar-refractivity contribution in [2.45, 2.75) is 31.3 Å². The van der Waals surface area contributed by atoms with Crippen LogP contribution >= 0.6 is 0 Å². The molecule has 0 aliphatic heterocycles. The summed E-state index contributed by atoms with van der Waals surface area (Å²) in [4.78, 5) is 22.7. The van der Waals surface area contributed by atoms with E-state index in [4.69, 9.17) is 46.9 Å². The number of ether oxygens (including phenoxy) is 4. The van der Waals surface area contributed by atoms with Crippen molar-refractivity contribution in [1.82, 2.24) is 0 Å². The number of benzene rings is 6. The van der Waals surface area contributed by atoms with Crippen LogP contribution in [0.3, 0.4) is 0 Å². The molecule has 0 fully saturated rings. The fraction of sp³-hybridized carbons (Fsp3) is 0.0930. The molecular weight excluding hydrogens is 906 g/mol. The van der Waals surface area contributed by atoms with Crippen molar-refractivity contribution < 1.29 is 78.8 Å². The van der Waals surface area contributed by atoms with E-state index in [-0.39, 0.29) is 67.6 Å². The van der Waals surface area contributed by atoms with Crippen LogP contribution in [0.1, 0.15) is 38.2 Å². The van der Waals surface area contributed by atoms with Gasteiger partial charge in [0.2, 0.25) is 0 Å². The third kappa shape index (κ3) is 14.2.